The molecule has 2 unspecified atom stereocenters. The molecule has 16 heavy (non-hydrogen) atoms. The fourth-order valence-corrected chi connectivity index (χ4v) is 1.80. The van der Waals surface area contributed by atoms with Gasteiger partial charge in [0, 0.05) is 6.42 Å². The molecule has 1 aromatic carbocycles. The first-order valence-corrected chi connectivity index (χ1v) is 5.82. The zero-order valence-corrected chi connectivity index (χ0v) is 9.56. The summed E-state index contributed by atoms with van der Waals surface area (Å²) in [7, 11) is 0. The molecule has 0 bridgehead atoms. The highest BCUT2D eigenvalue weighted by atomic mass is 16.5. The highest BCUT2D eigenvalue weighted by molar-refractivity contribution is 5.28. The summed E-state index contributed by atoms with van der Waals surface area (Å²) in [5.74, 6) is 0.850. The molecule has 0 aromatic heterocycles. The number of hydrogen-bond donors (Lipinski definition) is 1. The van der Waals surface area contributed by atoms with E-state index in [1.54, 1.807) is 0 Å². The Kier molecular flexibility index (Phi) is 3.80. The van der Waals surface area contributed by atoms with Gasteiger partial charge in [-0.05, 0) is 24.1 Å². The van der Waals surface area contributed by atoms with Crippen molar-refractivity contribution in [3.8, 4) is 5.75 Å². The third kappa shape index (κ3) is 2.74. The van der Waals surface area contributed by atoms with Gasteiger partial charge in [-0.2, -0.15) is 0 Å². The second kappa shape index (κ2) is 5.32. The van der Waals surface area contributed by atoms with Gasteiger partial charge in [-0.1, -0.05) is 19.1 Å². The predicted molar refractivity (Wildman–Crippen MR) is 61.5 cm³/mol. The lowest BCUT2D eigenvalue weighted by Gasteiger charge is -2.13. The summed E-state index contributed by atoms with van der Waals surface area (Å²) in [4.78, 5) is 0. The molecule has 3 nitrogen and oxygen atoms in total. The van der Waals surface area contributed by atoms with Gasteiger partial charge in [0.1, 0.15) is 11.9 Å². The molecule has 1 heterocycles. The molecule has 0 saturated carbocycles. The smallest absolute Gasteiger partial charge is 0.124 e. The van der Waals surface area contributed by atoms with E-state index in [9.17, 15) is 5.11 Å². The minimum absolute atomic E-state index is 0.182. The zero-order valence-electron chi connectivity index (χ0n) is 9.56. The normalized spacial score (nSPS) is 22.0. The number of aliphatic hydroxyl groups excluding tert-OH is 1. The van der Waals surface area contributed by atoms with E-state index in [0.29, 0.717) is 6.61 Å². The lowest BCUT2D eigenvalue weighted by Crippen LogP contribution is -2.15. The van der Waals surface area contributed by atoms with Crippen molar-refractivity contribution in [2.45, 2.75) is 32.0 Å². The molecule has 2 rings (SSSR count). The molecule has 0 amide bonds. The lowest BCUT2D eigenvalue weighted by molar-refractivity contribution is 0.141. The van der Waals surface area contributed by atoms with Crippen LogP contribution in [0.4, 0.5) is 0 Å². The van der Waals surface area contributed by atoms with Crippen molar-refractivity contribution in [2.75, 3.05) is 13.2 Å². The SMILES string of the molecule is CCC(O)c1ccc(OC2CCOC2)cc1. The molecule has 1 aliphatic heterocycles. The van der Waals surface area contributed by atoms with Gasteiger partial charge in [0.25, 0.3) is 0 Å². The summed E-state index contributed by atoms with van der Waals surface area (Å²) in [6.07, 6.45) is 1.50. The maximum absolute atomic E-state index is 9.64. The fraction of sp³-hybridized carbons (Fsp3) is 0.538. The summed E-state index contributed by atoms with van der Waals surface area (Å²) in [6, 6.07) is 7.65. The molecular formula is C13H18O3. The summed E-state index contributed by atoms with van der Waals surface area (Å²) < 4.78 is 11.0. The Morgan fingerprint density at radius 1 is 1.44 bits per heavy atom. The Labute approximate surface area is 96.0 Å². The molecule has 1 N–H and O–H groups in total. The van der Waals surface area contributed by atoms with E-state index in [0.717, 1.165) is 30.8 Å². The van der Waals surface area contributed by atoms with E-state index < -0.39 is 0 Å². The van der Waals surface area contributed by atoms with Gasteiger partial charge in [-0.3, -0.25) is 0 Å². The van der Waals surface area contributed by atoms with Crippen molar-refractivity contribution in [3.63, 3.8) is 0 Å². The quantitative estimate of drug-likeness (QED) is 0.849. The number of ether oxygens (including phenoxy) is 2. The van der Waals surface area contributed by atoms with Gasteiger partial charge >= 0.3 is 0 Å². The summed E-state index contributed by atoms with van der Waals surface area (Å²) in [6.45, 7) is 3.43. The van der Waals surface area contributed by atoms with Crippen molar-refractivity contribution in [1.82, 2.24) is 0 Å². The summed E-state index contributed by atoms with van der Waals surface area (Å²) in [5.41, 5.74) is 0.942. The molecule has 1 aromatic rings. The second-order valence-electron chi connectivity index (χ2n) is 4.10. The third-order valence-electron chi connectivity index (χ3n) is 2.84. The Morgan fingerprint density at radius 3 is 2.75 bits per heavy atom. The van der Waals surface area contributed by atoms with Crippen molar-refractivity contribution >= 4 is 0 Å². The van der Waals surface area contributed by atoms with Crippen LogP contribution in [-0.2, 0) is 4.74 Å². The van der Waals surface area contributed by atoms with Gasteiger partial charge in [0.2, 0.25) is 0 Å². The number of hydrogen-bond acceptors (Lipinski definition) is 3. The van der Waals surface area contributed by atoms with Gasteiger partial charge in [0.15, 0.2) is 0 Å². The molecule has 3 heteroatoms. The number of aliphatic hydroxyl groups is 1. The minimum Gasteiger partial charge on any atom is -0.488 e. The minimum atomic E-state index is -0.371. The van der Waals surface area contributed by atoms with Crippen LogP contribution in [0.2, 0.25) is 0 Å². The molecule has 0 aliphatic carbocycles. The van der Waals surface area contributed by atoms with Gasteiger partial charge in [0.05, 0.1) is 19.3 Å². The van der Waals surface area contributed by atoms with Crippen LogP contribution in [0.5, 0.6) is 5.75 Å². The molecule has 1 saturated heterocycles. The molecule has 0 radical (unpaired) electrons. The van der Waals surface area contributed by atoms with E-state index in [1.807, 2.05) is 31.2 Å². The van der Waals surface area contributed by atoms with E-state index >= 15 is 0 Å². The maximum Gasteiger partial charge on any atom is 0.124 e. The van der Waals surface area contributed by atoms with Crippen molar-refractivity contribution in [2.24, 2.45) is 0 Å². The van der Waals surface area contributed by atoms with Crippen molar-refractivity contribution in [3.05, 3.63) is 29.8 Å². The van der Waals surface area contributed by atoms with Crippen LogP contribution < -0.4 is 4.74 Å². The first-order chi connectivity index (χ1) is 7.79. The predicted octanol–water partition coefficient (Wildman–Crippen LogP) is 2.30. The van der Waals surface area contributed by atoms with Crippen LogP contribution in [0.1, 0.15) is 31.4 Å². The summed E-state index contributed by atoms with van der Waals surface area (Å²) in [5, 5.41) is 9.64. The van der Waals surface area contributed by atoms with Gasteiger partial charge in [-0.25, -0.2) is 0 Å². The van der Waals surface area contributed by atoms with Crippen LogP contribution in [0.3, 0.4) is 0 Å². The Bertz CT molecular complexity index is 314. The Balaban J connectivity index is 1.96. The van der Waals surface area contributed by atoms with E-state index in [1.165, 1.54) is 0 Å². The third-order valence-corrected chi connectivity index (χ3v) is 2.84. The largest absolute Gasteiger partial charge is 0.488 e. The molecule has 2 atom stereocenters. The molecular weight excluding hydrogens is 204 g/mol. The Morgan fingerprint density at radius 2 is 2.19 bits per heavy atom. The average molecular weight is 222 g/mol. The highest BCUT2D eigenvalue weighted by Crippen LogP contribution is 2.21. The molecule has 1 fully saturated rings. The lowest BCUT2D eigenvalue weighted by atomic mass is 10.1. The van der Waals surface area contributed by atoms with E-state index in [4.69, 9.17) is 9.47 Å². The monoisotopic (exact) mass is 222 g/mol. The number of benzene rings is 1. The first kappa shape index (κ1) is 11.4. The van der Waals surface area contributed by atoms with E-state index in [-0.39, 0.29) is 12.2 Å². The number of rotatable bonds is 4. The van der Waals surface area contributed by atoms with Gasteiger partial charge < -0.3 is 14.6 Å². The topological polar surface area (TPSA) is 38.7 Å². The highest BCUT2D eigenvalue weighted by Gasteiger charge is 2.17. The molecule has 0 spiro atoms. The van der Waals surface area contributed by atoms with E-state index in [2.05, 4.69) is 0 Å². The van der Waals surface area contributed by atoms with Gasteiger partial charge in [-0.15, -0.1) is 0 Å². The summed E-state index contributed by atoms with van der Waals surface area (Å²) >= 11 is 0. The van der Waals surface area contributed by atoms with Crippen molar-refractivity contribution in [1.29, 1.82) is 0 Å². The standard InChI is InChI=1S/C13H18O3/c1-2-13(14)10-3-5-11(6-4-10)16-12-7-8-15-9-12/h3-6,12-14H,2,7-9H2,1H3. The van der Waals surface area contributed by atoms with Crippen LogP contribution >= 0.6 is 0 Å². The Hall–Kier alpha value is -1.06. The van der Waals surface area contributed by atoms with Crippen LogP contribution in [0.25, 0.3) is 0 Å². The second-order valence-corrected chi connectivity index (χ2v) is 4.10. The maximum atomic E-state index is 9.64. The van der Waals surface area contributed by atoms with Crippen LogP contribution in [0.15, 0.2) is 24.3 Å². The molecule has 1 aliphatic rings. The molecule has 88 valence electrons. The fourth-order valence-electron chi connectivity index (χ4n) is 1.80. The van der Waals surface area contributed by atoms with Crippen LogP contribution in [-0.4, -0.2) is 24.4 Å². The zero-order chi connectivity index (χ0) is 11.4. The van der Waals surface area contributed by atoms with Crippen LogP contribution in [0, 0.1) is 0 Å². The van der Waals surface area contributed by atoms with Crippen molar-refractivity contribution < 1.29 is 14.6 Å². The first-order valence-electron chi connectivity index (χ1n) is 5.82. The average Bonchev–Trinajstić information content (AvgIpc) is 2.82.